The summed E-state index contributed by atoms with van der Waals surface area (Å²) in [6.07, 6.45) is 7.12. The molecule has 1 aromatic heterocycles. The van der Waals surface area contributed by atoms with Crippen LogP contribution in [0.3, 0.4) is 0 Å². The number of ether oxygens (including phenoxy) is 2. The number of fused-ring (bicyclic) bond motifs is 1. The van der Waals surface area contributed by atoms with E-state index in [2.05, 4.69) is 21.0 Å². The van der Waals surface area contributed by atoms with Gasteiger partial charge in [0.1, 0.15) is 12.4 Å². The fourth-order valence-corrected chi connectivity index (χ4v) is 5.53. The lowest BCUT2D eigenvalue weighted by Gasteiger charge is -2.22. The van der Waals surface area contributed by atoms with Crippen LogP contribution in [-0.2, 0) is 6.61 Å². The fraction of sp³-hybridized carbons (Fsp3) is 0.276. The molecule has 0 atom stereocenters. The van der Waals surface area contributed by atoms with Gasteiger partial charge in [0.15, 0.2) is 11.5 Å². The summed E-state index contributed by atoms with van der Waals surface area (Å²) in [6.45, 7) is 0.262. The molecular formula is C29H26BrCl2N3O3. The van der Waals surface area contributed by atoms with Crippen molar-refractivity contribution in [1.82, 2.24) is 9.66 Å². The molecule has 5 rings (SSSR count). The number of rotatable bonds is 7. The maximum Gasteiger partial charge on any atom is 0.282 e. The van der Waals surface area contributed by atoms with E-state index in [1.165, 1.54) is 11.1 Å². The summed E-state index contributed by atoms with van der Waals surface area (Å²) in [7, 11) is 1.58. The van der Waals surface area contributed by atoms with Gasteiger partial charge in [-0.1, -0.05) is 64.5 Å². The van der Waals surface area contributed by atoms with Crippen molar-refractivity contribution in [3.05, 3.63) is 96.4 Å². The van der Waals surface area contributed by atoms with Crippen LogP contribution in [0.15, 0.2) is 69.0 Å². The van der Waals surface area contributed by atoms with Gasteiger partial charge in [0.25, 0.3) is 5.56 Å². The molecule has 3 aromatic carbocycles. The van der Waals surface area contributed by atoms with Crippen molar-refractivity contribution in [3.63, 3.8) is 0 Å². The van der Waals surface area contributed by atoms with Crippen LogP contribution in [0.2, 0.25) is 10.0 Å². The van der Waals surface area contributed by atoms with Crippen molar-refractivity contribution < 1.29 is 9.47 Å². The quantitative estimate of drug-likeness (QED) is 0.198. The van der Waals surface area contributed by atoms with E-state index in [4.69, 9.17) is 37.7 Å². The zero-order valence-electron chi connectivity index (χ0n) is 20.8. The van der Waals surface area contributed by atoms with Gasteiger partial charge in [-0.2, -0.15) is 9.78 Å². The fourth-order valence-electron chi connectivity index (χ4n) is 4.70. The molecule has 0 spiro atoms. The van der Waals surface area contributed by atoms with Crippen molar-refractivity contribution in [3.8, 4) is 11.5 Å². The first-order valence-corrected chi connectivity index (χ1v) is 14.0. The van der Waals surface area contributed by atoms with E-state index in [0.717, 1.165) is 41.3 Å². The molecule has 0 N–H and O–H groups in total. The molecule has 6 nitrogen and oxygen atoms in total. The van der Waals surface area contributed by atoms with E-state index in [-0.39, 0.29) is 18.1 Å². The summed E-state index contributed by atoms with van der Waals surface area (Å²) in [6, 6.07) is 16.4. The minimum absolute atomic E-state index is 0.181. The Morgan fingerprint density at radius 3 is 2.63 bits per heavy atom. The summed E-state index contributed by atoms with van der Waals surface area (Å²) in [5.74, 6) is 2.02. The smallest absolute Gasteiger partial charge is 0.282 e. The van der Waals surface area contributed by atoms with Crippen LogP contribution in [0.1, 0.15) is 55.0 Å². The molecule has 1 heterocycles. The highest BCUT2D eigenvalue weighted by Crippen LogP contribution is 2.33. The number of methoxy groups -OCH3 is 1. The zero-order valence-corrected chi connectivity index (χ0v) is 23.9. The monoisotopic (exact) mass is 613 g/mol. The Hall–Kier alpha value is -2.87. The van der Waals surface area contributed by atoms with E-state index >= 15 is 0 Å². The molecule has 1 saturated carbocycles. The maximum absolute atomic E-state index is 13.5. The minimum atomic E-state index is -0.181. The van der Waals surface area contributed by atoms with Crippen LogP contribution in [-0.4, -0.2) is 23.0 Å². The predicted molar refractivity (Wildman–Crippen MR) is 156 cm³/mol. The summed E-state index contributed by atoms with van der Waals surface area (Å²) in [4.78, 5) is 18.4. The Kier molecular flexibility index (Phi) is 8.36. The first-order chi connectivity index (χ1) is 18.4. The van der Waals surface area contributed by atoms with E-state index in [1.54, 1.807) is 31.5 Å². The molecule has 38 heavy (non-hydrogen) atoms. The van der Waals surface area contributed by atoms with E-state index in [1.807, 2.05) is 36.4 Å². The number of hydrogen-bond donors (Lipinski definition) is 0. The Morgan fingerprint density at radius 1 is 1.05 bits per heavy atom. The van der Waals surface area contributed by atoms with E-state index < -0.39 is 0 Å². The molecule has 0 radical (unpaired) electrons. The summed E-state index contributed by atoms with van der Waals surface area (Å²) in [5.41, 5.74) is 2.08. The van der Waals surface area contributed by atoms with Crippen LogP contribution in [0.5, 0.6) is 11.5 Å². The zero-order chi connectivity index (χ0) is 26.6. The van der Waals surface area contributed by atoms with Gasteiger partial charge in [0.05, 0.1) is 24.2 Å². The van der Waals surface area contributed by atoms with Crippen molar-refractivity contribution in [2.24, 2.45) is 5.10 Å². The van der Waals surface area contributed by atoms with Gasteiger partial charge < -0.3 is 9.47 Å². The molecule has 0 unspecified atom stereocenters. The molecule has 1 aliphatic carbocycles. The van der Waals surface area contributed by atoms with Crippen molar-refractivity contribution in [2.45, 2.75) is 44.6 Å². The van der Waals surface area contributed by atoms with Crippen molar-refractivity contribution in [2.75, 3.05) is 7.11 Å². The third-order valence-corrected chi connectivity index (χ3v) is 7.79. The van der Waals surface area contributed by atoms with Gasteiger partial charge >= 0.3 is 0 Å². The molecule has 9 heteroatoms. The Labute approximate surface area is 239 Å². The van der Waals surface area contributed by atoms with Crippen LogP contribution in [0, 0.1) is 0 Å². The number of halogens is 3. The molecule has 0 amide bonds. The molecule has 0 saturated heterocycles. The lowest BCUT2D eigenvalue weighted by atomic mass is 9.88. The average molecular weight is 615 g/mol. The number of aromatic nitrogens is 2. The Balaban J connectivity index is 1.45. The van der Waals surface area contributed by atoms with Crippen LogP contribution >= 0.6 is 39.1 Å². The second kappa shape index (κ2) is 11.9. The first kappa shape index (κ1) is 26.7. The maximum atomic E-state index is 13.5. The molecule has 0 aliphatic heterocycles. The van der Waals surface area contributed by atoms with E-state index in [0.29, 0.717) is 38.3 Å². The van der Waals surface area contributed by atoms with Crippen LogP contribution in [0.25, 0.3) is 10.9 Å². The highest BCUT2D eigenvalue weighted by atomic mass is 79.9. The third-order valence-electron chi connectivity index (χ3n) is 6.71. The Bertz CT molecular complexity index is 1570. The highest BCUT2D eigenvalue weighted by Gasteiger charge is 2.22. The number of benzene rings is 3. The summed E-state index contributed by atoms with van der Waals surface area (Å²) < 4.78 is 13.8. The van der Waals surface area contributed by atoms with Gasteiger partial charge in [0, 0.05) is 26.0 Å². The van der Waals surface area contributed by atoms with Gasteiger partial charge in [-0.05, 0) is 66.9 Å². The second-order valence-corrected chi connectivity index (χ2v) is 11.0. The van der Waals surface area contributed by atoms with Crippen molar-refractivity contribution >= 4 is 56.2 Å². The predicted octanol–water partition coefficient (Wildman–Crippen LogP) is 7.98. The van der Waals surface area contributed by atoms with Crippen LogP contribution in [0.4, 0.5) is 0 Å². The molecular weight excluding hydrogens is 589 g/mol. The third kappa shape index (κ3) is 5.90. The van der Waals surface area contributed by atoms with Gasteiger partial charge in [0.2, 0.25) is 0 Å². The topological polar surface area (TPSA) is 65.7 Å². The summed E-state index contributed by atoms with van der Waals surface area (Å²) in [5, 5.41) is 6.26. The van der Waals surface area contributed by atoms with Gasteiger partial charge in [-0.3, -0.25) is 4.79 Å². The van der Waals surface area contributed by atoms with Gasteiger partial charge in [-0.25, -0.2) is 4.98 Å². The van der Waals surface area contributed by atoms with Gasteiger partial charge in [-0.15, -0.1) is 0 Å². The largest absolute Gasteiger partial charge is 0.493 e. The highest BCUT2D eigenvalue weighted by molar-refractivity contribution is 9.10. The molecule has 196 valence electrons. The second-order valence-electron chi connectivity index (χ2n) is 9.26. The average Bonchev–Trinajstić information content (AvgIpc) is 2.93. The number of hydrogen-bond acceptors (Lipinski definition) is 5. The SMILES string of the molecule is COc1cc(C=Nn2c(C3CCCCC3)nc3ccc(Br)cc3c2=O)ccc1OCc1ccc(Cl)cc1Cl. The Morgan fingerprint density at radius 2 is 1.87 bits per heavy atom. The molecule has 1 fully saturated rings. The standard InChI is InChI=1S/C29H26BrCl2N3O3/c1-37-27-13-18(7-12-26(27)38-17-20-8-10-22(31)15-24(20)32)16-33-35-28(19-5-3-2-4-6-19)34-25-11-9-21(30)14-23(25)29(35)36/h7-16,19H,2-6,17H2,1H3. The normalized spacial score (nSPS) is 14.3. The molecule has 1 aliphatic rings. The first-order valence-electron chi connectivity index (χ1n) is 12.4. The van der Waals surface area contributed by atoms with Crippen LogP contribution < -0.4 is 15.0 Å². The van der Waals surface area contributed by atoms with Crippen molar-refractivity contribution in [1.29, 1.82) is 0 Å². The lowest BCUT2D eigenvalue weighted by Crippen LogP contribution is -2.25. The molecule has 4 aromatic rings. The lowest BCUT2D eigenvalue weighted by molar-refractivity contribution is 0.284. The number of nitrogens with zero attached hydrogens (tertiary/aromatic N) is 3. The van der Waals surface area contributed by atoms with E-state index in [9.17, 15) is 4.79 Å². The minimum Gasteiger partial charge on any atom is -0.493 e. The molecule has 0 bridgehead atoms. The summed E-state index contributed by atoms with van der Waals surface area (Å²) >= 11 is 15.7.